The van der Waals surface area contributed by atoms with Gasteiger partial charge in [0.05, 0.1) is 0 Å². The first-order valence-corrected chi connectivity index (χ1v) is 11.2. The highest BCUT2D eigenvalue weighted by atomic mass is 16.6. The summed E-state index contributed by atoms with van der Waals surface area (Å²) in [6, 6.07) is 0. The van der Waals surface area contributed by atoms with Gasteiger partial charge >= 0.3 is 11.9 Å². The third-order valence-corrected chi connectivity index (χ3v) is 10.3. The lowest BCUT2D eigenvalue weighted by atomic mass is 9.37. The van der Waals surface area contributed by atoms with E-state index in [1.165, 1.54) is 0 Å². The number of carbonyl (C=O) groups is 2. The van der Waals surface area contributed by atoms with Crippen LogP contribution in [0.5, 0.6) is 0 Å². The molecule has 1 spiro atoms. The van der Waals surface area contributed by atoms with Gasteiger partial charge in [-0.25, -0.2) is 4.79 Å². The summed E-state index contributed by atoms with van der Waals surface area (Å²) >= 11 is 0. The first-order valence-electron chi connectivity index (χ1n) is 11.2. The molecule has 8 atom stereocenters. The van der Waals surface area contributed by atoms with Crippen LogP contribution < -0.4 is 0 Å². The minimum atomic E-state index is -1.25. The molecule has 5 nitrogen and oxygen atoms in total. The van der Waals surface area contributed by atoms with Crippen LogP contribution in [-0.4, -0.2) is 34.4 Å². The lowest BCUT2D eigenvalue weighted by molar-refractivity contribution is -0.196. The minimum absolute atomic E-state index is 0.0798. The van der Waals surface area contributed by atoms with Gasteiger partial charge in [-0.1, -0.05) is 39.0 Å². The molecule has 4 fully saturated rings. The lowest BCUT2D eigenvalue weighted by Crippen LogP contribution is -2.66. The van der Waals surface area contributed by atoms with E-state index in [4.69, 9.17) is 9.47 Å². The van der Waals surface area contributed by atoms with Crippen molar-refractivity contribution in [3.8, 4) is 0 Å². The van der Waals surface area contributed by atoms with Gasteiger partial charge in [0.1, 0.15) is 22.7 Å². The summed E-state index contributed by atoms with van der Waals surface area (Å²) in [5.41, 5.74) is -3.35. The zero-order valence-corrected chi connectivity index (χ0v) is 19.0. The number of ether oxygens (including phenoxy) is 2. The highest BCUT2D eigenvalue weighted by Gasteiger charge is 2.85. The van der Waals surface area contributed by atoms with Gasteiger partial charge in [-0.2, -0.15) is 0 Å². The first kappa shape index (κ1) is 20.3. The van der Waals surface area contributed by atoms with Crippen molar-refractivity contribution in [1.29, 1.82) is 0 Å². The van der Waals surface area contributed by atoms with Gasteiger partial charge < -0.3 is 14.6 Å². The summed E-state index contributed by atoms with van der Waals surface area (Å²) in [5, 5.41) is 12.0. The Morgan fingerprint density at radius 1 is 1.13 bits per heavy atom. The Morgan fingerprint density at radius 3 is 2.47 bits per heavy atom. The maximum Gasteiger partial charge on any atom is 0.330 e. The molecule has 30 heavy (non-hydrogen) atoms. The number of hydrogen-bond donors (Lipinski definition) is 1. The first-order chi connectivity index (χ1) is 13.7. The molecule has 0 aromatic heterocycles. The van der Waals surface area contributed by atoms with Crippen LogP contribution in [0.2, 0.25) is 0 Å². The Labute approximate surface area is 178 Å². The summed E-state index contributed by atoms with van der Waals surface area (Å²) in [6.07, 6.45) is 5.92. The van der Waals surface area contributed by atoms with Crippen molar-refractivity contribution in [3.05, 3.63) is 24.3 Å². The van der Waals surface area contributed by atoms with Crippen molar-refractivity contribution < 1.29 is 24.2 Å². The number of allylic oxidation sites excluding steroid dienone is 1. The summed E-state index contributed by atoms with van der Waals surface area (Å²) in [7, 11) is 0. The molecule has 5 heteroatoms. The number of cyclic esters (lactones) is 2. The third kappa shape index (κ3) is 1.83. The van der Waals surface area contributed by atoms with Crippen molar-refractivity contribution in [2.24, 2.45) is 33.5 Å². The van der Waals surface area contributed by atoms with Gasteiger partial charge in [-0.3, -0.25) is 4.79 Å². The minimum Gasteiger partial charge on any atom is -0.459 e. The Hall–Kier alpha value is -1.62. The second-order valence-electron chi connectivity index (χ2n) is 11.9. The summed E-state index contributed by atoms with van der Waals surface area (Å²) in [4.78, 5) is 26.0. The van der Waals surface area contributed by atoms with Crippen LogP contribution in [0.25, 0.3) is 0 Å². The predicted molar refractivity (Wildman–Crippen MR) is 111 cm³/mol. The molecular weight excluding hydrogens is 380 g/mol. The highest BCUT2D eigenvalue weighted by molar-refractivity contribution is 5.89. The van der Waals surface area contributed by atoms with E-state index in [9.17, 15) is 14.7 Å². The number of hydrogen-bond acceptors (Lipinski definition) is 5. The largest absolute Gasteiger partial charge is 0.459 e. The molecule has 1 N–H and O–H groups in total. The summed E-state index contributed by atoms with van der Waals surface area (Å²) in [5.74, 6) is -0.421. The van der Waals surface area contributed by atoms with Crippen LogP contribution in [0.4, 0.5) is 0 Å². The number of aliphatic hydroxyl groups is 1. The maximum atomic E-state index is 13.6. The second kappa shape index (κ2) is 5.23. The molecule has 8 unspecified atom stereocenters. The average Bonchev–Trinajstić information content (AvgIpc) is 2.84. The molecule has 1 saturated heterocycles. The highest BCUT2D eigenvalue weighted by Crippen LogP contribution is 2.81. The fourth-order valence-electron chi connectivity index (χ4n) is 9.05. The maximum absolute atomic E-state index is 13.6. The summed E-state index contributed by atoms with van der Waals surface area (Å²) < 4.78 is 11.6. The van der Waals surface area contributed by atoms with E-state index in [1.54, 1.807) is 6.08 Å². The predicted octanol–water partition coefficient (Wildman–Crippen LogP) is 3.95. The zero-order valence-electron chi connectivity index (χ0n) is 19.0. The molecule has 164 valence electrons. The van der Waals surface area contributed by atoms with Crippen molar-refractivity contribution in [1.82, 2.24) is 0 Å². The molecule has 3 saturated carbocycles. The van der Waals surface area contributed by atoms with Gasteiger partial charge in [0, 0.05) is 12.0 Å². The van der Waals surface area contributed by atoms with Crippen LogP contribution in [-0.2, 0) is 19.1 Å². The quantitative estimate of drug-likeness (QED) is 0.480. The average molecular weight is 415 g/mol. The van der Waals surface area contributed by atoms with Crippen LogP contribution >= 0.6 is 0 Å². The van der Waals surface area contributed by atoms with Crippen LogP contribution in [0.3, 0.4) is 0 Å². The molecule has 0 radical (unpaired) electrons. The summed E-state index contributed by atoms with van der Waals surface area (Å²) in [6.45, 7) is 16.8. The number of esters is 2. The third-order valence-electron chi connectivity index (χ3n) is 10.3. The molecule has 0 amide bonds. The Balaban J connectivity index is 1.77. The molecule has 0 aromatic rings. The number of carbonyl (C=O) groups excluding carboxylic acids is 2. The standard InChI is InChI=1S/C25H34O5/c1-14-21(5)12-17-22(6)10-9-18(26)30-20(3,4)16(22)8-11-23(17,7)25(14)19(27)29-15(2)24(25,28)13-21/h9-10,15-17,28H,1,8,11-13H2,2-7H3. The fraction of sp³-hybridized carbons (Fsp3) is 0.760. The Bertz CT molecular complexity index is 918. The Kier molecular flexibility index (Phi) is 3.54. The number of rotatable bonds is 0. The molecule has 5 aliphatic rings. The van der Waals surface area contributed by atoms with E-state index in [0.717, 1.165) is 24.8 Å². The van der Waals surface area contributed by atoms with Gasteiger partial charge in [0.15, 0.2) is 0 Å². The molecule has 2 heterocycles. The molecule has 3 aliphatic carbocycles. The lowest BCUT2D eigenvalue weighted by Gasteiger charge is -2.65. The van der Waals surface area contributed by atoms with Crippen molar-refractivity contribution in [2.75, 3.05) is 0 Å². The van der Waals surface area contributed by atoms with Crippen molar-refractivity contribution in [3.63, 3.8) is 0 Å². The monoisotopic (exact) mass is 414 g/mol. The van der Waals surface area contributed by atoms with Crippen LogP contribution in [0.15, 0.2) is 24.3 Å². The van der Waals surface area contributed by atoms with E-state index in [0.29, 0.717) is 6.42 Å². The zero-order chi connectivity index (χ0) is 22.1. The van der Waals surface area contributed by atoms with Crippen LogP contribution in [0, 0.1) is 33.5 Å². The molecular formula is C25H34O5. The smallest absolute Gasteiger partial charge is 0.330 e. The van der Waals surface area contributed by atoms with E-state index in [2.05, 4.69) is 27.4 Å². The van der Waals surface area contributed by atoms with Gasteiger partial charge in [0.2, 0.25) is 0 Å². The topological polar surface area (TPSA) is 72.8 Å². The number of fused-ring (bicyclic) bond motifs is 4. The van der Waals surface area contributed by atoms with Gasteiger partial charge in [0.25, 0.3) is 0 Å². The molecule has 0 aromatic carbocycles. The van der Waals surface area contributed by atoms with Crippen LogP contribution in [0.1, 0.15) is 67.2 Å². The Morgan fingerprint density at radius 2 is 1.80 bits per heavy atom. The normalized spacial score (nSPS) is 55.8. The molecule has 2 bridgehead atoms. The van der Waals surface area contributed by atoms with E-state index < -0.39 is 28.1 Å². The van der Waals surface area contributed by atoms with Gasteiger partial charge in [-0.05, 0) is 68.6 Å². The second-order valence-corrected chi connectivity index (χ2v) is 11.9. The van der Waals surface area contributed by atoms with Crippen molar-refractivity contribution in [2.45, 2.75) is 84.5 Å². The fourth-order valence-corrected chi connectivity index (χ4v) is 9.05. The van der Waals surface area contributed by atoms with Crippen molar-refractivity contribution >= 4 is 11.9 Å². The molecule has 2 aliphatic heterocycles. The van der Waals surface area contributed by atoms with E-state index >= 15 is 0 Å². The molecule has 5 rings (SSSR count). The van der Waals surface area contributed by atoms with Gasteiger partial charge in [-0.15, -0.1) is 0 Å². The van der Waals surface area contributed by atoms with E-state index in [-0.39, 0.29) is 34.6 Å². The van der Waals surface area contributed by atoms with E-state index in [1.807, 2.05) is 26.8 Å². The SMILES string of the molecule is C=C1C2(C)CC3C4(C)C=CC(=O)OC(C)(C)C4CCC3(C)C13C(=O)OC(C)C3(O)C2.